The molecule has 1 aromatic heterocycles. The molecule has 3 rings (SSSR count). The molecule has 2 aromatic carbocycles. The number of nitrogen functional groups attached to an aromatic ring is 1. The van der Waals surface area contributed by atoms with Gasteiger partial charge in [-0.15, -0.1) is 0 Å². The summed E-state index contributed by atoms with van der Waals surface area (Å²) in [5, 5.41) is 16.3. The summed E-state index contributed by atoms with van der Waals surface area (Å²) in [6.07, 6.45) is 1.79. The van der Waals surface area contributed by atoms with Crippen molar-refractivity contribution in [3.05, 3.63) is 64.3 Å². The van der Waals surface area contributed by atoms with Crippen LogP contribution >= 0.6 is 0 Å². The maximum atomic E-state index is 10.9. The molecule has 0 unspecified atom stereocenters. The van der Waals surface area contributed by atoms with Crippen molar-refractivity contribution >= 4 is 22.3 Å². The molecule has 0 saturated carbocycles. The molecular formula is C14H13N5O2. The summed E-state index contributed by atoms with van der Waals surface area (Å²) in [5.41, 5.74) is 4.49. The van der Waals surface area contributed by atoms with Crippen LogP contribution < -0.4 is 11.3 Å². The Morgan fingerprint density at radius 3 is 2.86 bits per heavy atom. The Labute approximate surface area is 120 Å². The van der Waals surface area contributed by atoms with Crippen LogP contribution in [0.3, 0.4) is 0 Å². The van der Waals surface area contributed by atoms with Crippen LogP contribution in [-0.4, -0.2) is 14.7 Å². The van der Waals surface area contributed by atoms with Crippen LogP contribution in [0.2, 0.25) is 0 Å². The molecule has 0 bridgehead atoms. The van der Waals surface area contributed by atoms with Crippen LogP contribution in [0, 0.1) is 10.1 Å². The number of nitro benzene ring substituents is 1. The van der Waals surface area contributed by atoms with Crippen LogP contribution in [0.25, 0.3) is 10.9 Å². The van der Waals surface area contributed by atoms with Crippen molar-refractivity contribution in [2.24, 2.45) is 5.84 Å². The van der Waals surface area contributed by atoms with Crippen molar-refractivity contribution in [3.63, 3.8) is 0 Å². The second-order valence-electron chi connectivity index (χ2n) is 4.61. The van der Waals surface area contributed by atoms with Crippen molar-refractivity contribution in [2.45, 2.75) is 6.54 Å². The van der Waals surface area contributed by atoms with Gasteiger partial charge in [0.25, 0.3) is 5.69 Å². The fourth-order valence-corrected chi connectivity index (χ4v) is 2.28. The van der Waals surface area contributed by atoms with Crippen molar-refractivity contribution in [1.82, 2.24) is 9.78 Å². The van der Waals surface area contributed by atoms with Gasteiger partial charge in [0.05, 0.1) is 23.2 Å². The van der Waals surface area contributed by atoms with Gasteiger partial charge in [0.15, 0.2) is 0 Å². The van der Waals surface area contributed by atoms with Gasteiger partial charge in [-0.25, -0.2) is 0 Å². The second-order valence-corrected chi connectivity index (χ2v) is 4.61. The summed E-state index contributed by atoms with van der Waals surface area (Å²) in [6.45, 7) is 0.514. The lowest BCUT2D eigenvalue weighted by Gasteiger charge is -2.07. The number of fused-ring (bicyclic) bond motifs is 1. The van der Waals surface area contributed by atoms with Gasteiger partial charge in [-0.2, -0.15) is 5.10 Å². The van der Waals surface area contributed by atoms with Crippen LogP contribution in [0.1, 0.15) is 5.56 Å². The number of nitrogens with zero attached hydrogens (tertiary/aromatic N) is 3. The first-order chi connectivity index (χ1) is 10.2. The smallest absolute Gasteiger partial charge is 0.293 e. The highest BCUT2D eigenvalue weighted by Crippen LogP contribution is 2.25. The van der Waals surface area contributed by atoms with E-state index in [2.05, 4.69) is 10.5 Å². The predicted octanol–water partition coefficient (Wildman–Crippen LogP) is 2.28. The molecule has 21 heavy (non-hydrogen) atoms. The standard InChI is InChI=1S/C14H13N5O2/c15-17-12-7-10(5-6-14(12)19(20)21)9-18-13-4-2-1-3-11(13)8-16-18/h1-8,17H,9,15H2. The number of para-hydroxylation sites is 1. The zero-order chi connectivity index (χ0) is 14.8. The minimum Gasteiger partial charge on any atom is -0.318 e. The number of benzene rings is 2. The SMILES string of the molecule is NNc1cc(Cn2ncc3ccccc32)ccc1[N+](=O)[O-]. The predicted molar refractivity (Wildman–Crippen MR) is 79.7 cm³/mol. The number of rotatable bonds is 4. The van der Waals surface area contributed by atoms with E-state index in [-0.39, 0.29) is 11.4 Å². The largest absolute Gasteiger partial charge is 0.318 e. The number of nitro groups is 1. The first-order valence-corrected chi connectivity index (χ1v) is 6.33. The fourth-order valence-electron chi connectivity index (χ4n) is 2.28. The van der Waals surface area contributed by atoms with E-state index < -0.39 is 4.92 Å². The second kappa shape index (κ2) is 5.22. The number of hydrogen-bond acceptors (Lipinski definition) is 5. The van der Waals surface area contributed by atoms with E-state index in [1.54, 1.807) is 18.3 Å². The topological polar surface area (TPSA) is 99.0 Å². The Hall–Kier alpha value is -2.93. The molecule has 0 radical (unpaired) electrons. The molecule has 1 heterocycles. The molecule has 0 aliphatic rings. The van der Waals surface area contributed by atoms with Crippen LogP contribution in [0.4, 0.5) is 11.4 Å². The van der Waals surface area contributed by atoms with Gasteiger partial charge >= 0.3 is 0 Å². The Kier molecular flexibility index (Phi) is 3.25. The lowest BCUT2D eigenvalue weighted by atomic mass is 10.1. The monoisotopic (exact) mass is 283 g/mol. The van der Waals surface area contributed by atoms with E-state index in [1.165, 1.54) is 6.07 Å². The zero-order valence-corrected chi connectivity index (χ0v) is 11.1. The van der Waals surface area contributed by atoms with E-state index in [0.717, 1.165) is 16.5 Å². The van der Waals surface area contributed by atoms with Crippen LogP contribution in [0.5, 0.6) is 0 Å². The van der Waals surface area contributed by atoms with Gasteiger partial charge in [-0.05, 0) is 17.7 Å². The molecule has 0 aliphatic carbocycles. The molecule has 0 aliphatic heterocycles. The van der Waals surface area contributed by atoms with Gasteiger partial charge in [0.2, 0.25) is 0 Å². The highest BCUT2D eigenvalue weighted by atomic mass is 16.6. The van der Waals surface area contributed by atoms with Crippen molar-refractivity contribution in [1.29, 1.82) is 0 Å². The first-order valence-electron chi connectivity index (χ1n) is 6.33. The molecule has 3 N–H and O–H groups in total. The van der Waals surface area contributed by atoms with E-state index in [4.69, 9.17) is 5.84 Å². The summed E-state index contributed by atoms with van der Waals surface area (Å²) in [5.74, 6) is 5.34. The summed E-state index contributed by atoms with van der Waals surface area (Å²) in [7, 11) is 0. The van der Waals surface area contributed by atoms with Crippen molar-refractivity contribution < 1.29 is 4.92 Å². The molecule has 0 spiro atoms. The highest BCUT2D eigenvalue weighted by Gasteiger charge is 2.13. The molecule has 106 valence electrons. The average Bonchev–Trinajstić information content (AvgIpc) is 2.90. The molecule has 0 fully saturated rings. The number of aromatic nitrogens is 2. The third kappa shape index (κ3) is 2.41. The number of nitrogens with two attached hydrogens (primary N) is 1. The maximum absolute atomic E-state index is 10.9. The van der Waals surface area contributed by atoms with E-state index in [0.29, 0.717) is 6.54 Å². The highest BCUT2D eigenvalue weighted by molar-refractivity contribution is 5.78. The van der Waals surface area contributed by atoms with Gasteiger partial charge in [0.1, 0.15) is 5.69 Å². The normalized spacial score (nSPS) is 10.7. The summed E-state index contributed by atoms with van der Waals surface area (Å²) < 4.78 is 1.84. The minimum absolute atomic E-state index is 0.0495. The Bertz CT molecular complexity index is 812. The quantitative estimate of drug-likeness (QED) is 0.435. The molecular weight excluding hydrogens is 270 g/mol. The third-order valence-corrected chi connectivity index (χ3v) is 3.30. The van der Waals surface area contributed by atoms with Crippen LogP contribution in [0.15, 0.2) is 48.7 Å². The van der Waals surface area contributed by atoms with E-state index >= 15 is 0 Å². The lowest BCUT2D eigenvalue weighted by molar-refractivity contribution is -0.384. The average molecular weight is 283 g/mol. The molecule has 7 nitrogen and oxygen atoms in total. The Balaban J connectivity index is 1.96. The van der Waals surface area contributed by atoms with Crippen molar-refractivity contribution in [2.75, 3.05) is 5.43 Å². The van der Waals surface area contributed by atoms with Gasteiger partial charge in [0, 0.05) is 11.5 Å². The third-order valence-electron chi connectivity index (χ3n) is 3.30. The van der Waals surface area contributed by atoms with Crippen LogP contribution in [-0.2, 0) is 6.54 Å². The lowest BCUT2D eigenvalue weighted by Crippen LogP contribution is -2.10. The van der Waals surface area contributed by atoms with Gasteiger partial charge < -0.3 is 5.43 Å². The summed E-state index contributed by atoms with van der Waals surface area (Å²) in [4.78, 5) is 10.4. The number of anilines is 1. The van der Waals surface area contributed by atoms with Crippen molar-refractivity contribution in [3.8, 4) is 0 Å². The molecule has 7 heteroatoms. The van der Waals surface area contributed by atoms with Gasteiger partial charge in [-0.3, -0.25) is 20.6 Å². The van der Waals surface area contributed by atoms with Gasteiger partial charge in [-0.1, -0.05) is 24.3 Å². The molecule has 0 atom stereocenters. The fraction of sp³-hybridized carbons (Fsp3) is 0.0714. The minimum atomic E-state index is -0.470. The number of hydrazine groups is 1. The summed E-state index contributed by atoms with van der Waals surface area (Å²) in [6, 6.07) is 12.7. The zero-order valence-electron chi connectivity index (χ0n) is 11.1. The first kappa shape index (κ1) is 13.1. The molecule has 0 saturated heterocycles. The van der Waals surface area contributed by atoms with E-state index in [1.807, 2.05) is 28.9 Å². The molecule has 0 amide bonds. The maximum Gasteiger partial charge on any atom is 0.293 e. The number of nitrogens with one attached hydrogen (secondary N) is 1. The number of hydrogen-bond donors (Lipinski definition) is 2. The van der Waals surface area contributed by atoms with E-state index in [9.17, 15) is 10.1 Å². The Morgan fingerprint density at radius 1 is 1.29 bits per heavy atom. The summed E-state index contributed by atoms with van der Waals surface area (Å²) >= 11 is 0. The molecule has 3 aromatic rings. The Morgan fingerprint density at radius 2 is 2.10 bits per heavy atom.